The van der Waals surface area contributed by atoms with E-state index < -0.39 is 0 Å². The number of nitrogens with zero attached hydrogens (tertiary/aromatic N) is 1. The Morgan fingerprint density at radius 2 is 2.21 bits per heavy atom. The van der Waals surface area contributed by atoms with Crippen LogP contribution in [-0.2, 0) is 0 Å². The summed E-state index contributed by atoms with van der Waals surface area (Å²) in [4.78, 5) is 17.4. The zero-order valence-electron chi connectivity index (χ0n) is 10.8. The molecule has 1 unspecified atom stereocenters. The molecule has 1 amide bonds. The molecule has 0 radical (unpaired) electrons. The largest absolute Gasteiger partial charge is 0.351 e. The predicted octanol–water partition coefficient (Wildman–Crippen LogP) is 2.02. The number of likely N-dealkylation sites (tertiary alicyclic amines) is 1. The van der Waals surface area contributed by atoms with Gasteiger partial charge in [0.1, 0.15) is 5.69 Å². The number of aromatic nitrogens is 1. The van der Waals surface area contributed by atoms with Crippen LogP contribution >= 0.6 is 12.4 Å². The molecule has 5 heteroatoms. The van der Waals surface area contributed by atoms with Crippen LogP contribution in [0.2, 0.25) is 0 Å². The van der Waals surface area contributed by atoms with Gasteiger partial charge in [0.05, 0.1) is 0 Å². The van der Waals surface area contributed by atoms with Crippen LogP contribution < -0.4 is 5.32 Å². The summed E-state index contributed by atoms with van der Waals surface area (Å²) in [5.41, 5.74) is 1.71. The maximum atomic E-state index is 12.3. The third-order valence-corrected chi connectivity index (χ3v) is 3.64. The Kier molecular flexibility index (Phi) is 4.12. The quantitative estimate of drug-likeness (QED) is 0.884. The van der Waals surface area contributed by atoms with Gasteiger partial charge in [-0.3, -0.25) is 4.79 Å². The van der Waals surface area contributed by atoms with Crippen molar-refractivity contribution in [3.8, 4) is 0 Å². The Bertz CT molecular complexity index is 548. The van der Waals surface area contributed by atoms with Crippen LogP contribution in [0.4, 0.5) is 0 Å². The molecule has 2 aromatic rings. The Morgan fingerprint density at radius 3 is 2.89 bits per heavy atom. The molecule has 0 bridgehead atoms. The molecule has 1 aliphatic rings. The fraction of sp³-hybridized carbons (Fsp3) is 0.357. The van der Waals surface area contributed by atoms with Crippen LogP contribution in [0.15, 0.2) is 30.3 Å². The SMILES string of the molecule is CNC1CCN(C(=O)c2cc3ccccc3[nH]2)C1.Cl. The van der Waals surface area contributed by atoms with Crippen LogP contribution in [-0.4, -0.2) is 42.0 Å². The molecule has 1 atom stereocenters. The molecule has 2 N–H and O–H groups in total. The van der Waals surface area contributed by atoms with Crippen molar-refractivity contribution < 1.29 is 4.79 Å². The van der Waals surface area contributed by atoms with Crippen LogP contribution in [0.25, 0.3) is 10.9 Å². The maximum Gasteiger partial charge on any atom is 0.270 e. The second-order valence-corrected chi connectivity index (χ2v) is 4.80. The average Bonchev–Trinajstić information content (AvgIpc) is 3.04. The third kappa shape index (κ3) is 2.60. The van der Waals surface area contributed by atoms with E-state index in [1.54, 1.807) is 0 Å². The van der Waals surface area contributed by atoms with Gasteiger partial charge in [-0.1, -0.05) is 18.2 Å². The lowest BCUT2D eigenvalue weighted by Gasteiger charge is -2.15. The minimum absolute atomic E-state index is 0. The number of para-hydroxylation sites is 1. The van der Waals surface area contributed by atoms with E-state index in [4.69, 9.17) is 0 Å². The number of rotatable bonds is 2. The minimum atomic E-state index is 0. The first-order chi connectivity index (χ1) is 8.78. The van der Waals surface area contributed by atoms with Gasteiger partial charge < -0.3 is 15.2 Å². The highest BCUT2D eigenvalue weighted by Gasteiger charge is 2.26. The number of H-pyrrole nitrogens is 1. The van der Waals surface area contributed by atoms with Crippen molar-refractivity contribution >= 4 is 29.2 Å². The summed E-state index contributed by atoms with van der Waals surface area (Å²) >= 11 is 0. The van der Waals surface area contributed by atoms with Crippen molar-refractivity contribution in [1.82, 2.24) is 15.2 Å². The topological polar surface area (TPSA) is 48.1 Å². The van der Waals surface area contributed by atoms with Gasteiger partial charge in [0, 0.05) is 30.0 Å². The summed E-state index contributed by atoms with van der Waals surface area (Å²) in [7, 11) is 1.95. The fourth-order valence-electron chi connectivity index (χ4n) is 2.54. The highest BCUT2D eigenvalue weighted by molar-refractivity contribution is 5.98. The first-order valence-corrected chi connectivity index (χ1v) is 6.32. The summed E-state index contributed by atoms with van der Waals surface area (Å²) in [5, 5.41) is 4.31. The van der Waals surface area contributed by atoms with Crippen molar-refractivity contribution in [3.05, 3.63) is 36.0 Å². The number of nitrogens with one attached hydrogen (secondary N) is 2. The first-order valence-electron chi connectivity index (χ1n) is 6.32. The van der Waals surface area contributed by atoms with Crippen molar-refractivity contribution in [3.63, 3.8) is 0 Å². The van der Waals surface area contributed by atoms with Crippen molar-refractivity contribution in [1.29, 1.82) is 0 Å². The number of carbonyl (C=O) groups is 1. The molecule has 0 spiro atoms. The van der Waals surface area contributed by atoms with Gasteiger partial charge in [0.25, 0.3) is 5.91 Å². The van der Waals surface area contributed by atoms with Gasteiger partial charge >= 0.3 is 0 Å². The lowest BCUT2D eigenvalue weighted by molar-refractivity contribution is 0.0785. The summed E-state index contributed by atoms with van der Waals surface area (Å²) in [6.45, 7) is 1.63. The highest BCUT2D eigenvalue weighted by atomic mass is 35.5. The molecule has 2 heterocycles. The molecule has 19 heavy (non-hydrogen) atoms. The van der Waals surface area contributed by atoms with Crippen molar-refractivity contribution in [2.75, 3.05) is 20.1 Å². The lowest BCUT2D eigenvalue weighted by atomic mass is 10.2. The number of benzene rings is 1. The molecule has 1 aromatic heterocycles. The molecular formula is C14H18ClN3O. The smallest absolute Gasteiger partial charge is 0.270 e. The standard InChI is InChI=1S/C14H17N3O.ClH/c1-15-11-6-7-17(9-11)14(18)13-8-10-4-2-3-5-12(10)16-13;/h2-5,8,11,15-16H,6-7,9H2,1H3;1H. The Balaban J connectivity index is 0.00000133. The molecule has 0 saturated carbocycles. The molecule has 4 nitrogen and oxygen atoms in total. The zero-order chi connectivity index (χ0) is 12.5. The third-order valence-electron chi connectivity index (χ3n) is 3.64. The van der Waals surface area contributed by atoms with Crippen molar-refractivity contribution in [2.24, 2.45) is 0 Å². The maximum absolute atomic E-state index is 12.3. The summed E-state index contributed by atoms with van der Waals surface area (Å²) in [6, 6.07) is 10.3. The second kappa shape index (κ2) is 5.63. The summed E-state index contributed by atoms with van der Waals surface area (Å²) in [5.74, 6) is 0.101. The number of fused-ring (bicyclic) bond motifs is 1. The number of aromatic amines is 1. The van der Waals surface area contributed by atoms with Gasteiger partial charge in [-0.25, -0.2) is 0 Å². The van der Waals surface area contributed by atoms with E-state index in [1.807, 2.05) is 42.3 Å². The Morgan fingerprint density at radius 1 is 1.42 bits per heavy atom. The summed E-state index contributed by atoms with van der Waals surface area (Å²) < 4.78 is 0. The number of carbonyl (C=O) groups excluding carboxylic acids is 1. The highest BCUT2D eigenvalue weighted by Crippen LogP contribution is 2.18. The molecule has 1 aliphatic heterocycles. The number of hydrogen-bond donors (Lipinski definition) is 2. The second-order valence-electron chi connectivity index (χ2n) is 4.80. The van der Waals surface area contributed by atoms with Gasteiger partial charge in [-0.2, -0.15) is 0 Å². The minimum Gasteiger partial charge on any atom is -0.351 e. The van der Waals surface area contributed by atoms with Crippen molar-refractivity contribution in [2.45, 2.75) is 12.5 Å². The number of likely N-dealkylation sites (N-methyl/N-ethyl adjacent to an activating group) is 1. The molecule has 3 rings (SSSR count). The van der Waals surface area contributed by atoms with Gasteiger partial charge in [-0.05, 0) is 25.6 Å². The monoisotopic (exact) mass is 279 g/mol. The Labute approximate surface area is 118 Å². The fourth-order valence-corrected chi connectivity index (χ4v) is 2.54. The number of halogens is 1. The summed E-state index contributed by atoms with van der Waals surface area (Å²) in [6.07, 6.45) is 1.03. The molecular weight excluding hydrogens is 262 g/mol. The van der Waals surface area contributed by atoms with E-state index in [-0.39, 0.29) is 18.3 Å². The van der Waals surface area contributed by atoms with Crippen LogP contribution in [0.1, 0.15) is 16.9 Å². The molecule has 102 valence electrons. The predicted molar refractivity (Wildman–Crippen MR) is 78.9 cm³/mol. The number of hydrogen-bond acceptors (Lipinski definition) is 2. The van der Waals surface area contributed by atoms with E-state index in [9.17, 15) is 4.79 Å². The van der Waals surface area contributed by atoms with Gasteiger partial charge in [-0.15, -0.1) is 12.4 Å². The van der Waals surface area contributed by atoms with Gasteiger partial charge in [0.15, 0.2) is 0 Å². The molecule has 0 aliphatic carbocycles. The zero-order valence-corrected chi connectivity index (χ0v) is 11.7. The average molecular weight is 280 g/mol. The van der Waals surface area contributed by atoms with E-state index in [2.05, 4.69) is 10.3 Å². The number of amides is 1. The van der Waals surface area contributed by atoms with Crippen LogP contribution in [0.5, 0.6) is 0 Å². The van der Waals surface area contributed by atoms with E-state index in [0.717, 1.165) is 30.4 Å². The van der Waals surface area contributed by atoms with E-state index in [0.29, 0.717) is 11.7 Å². The van der Waals surface area contributed by atoms with E-state index in [1.165, 1.54) is 0 Å². The van der Waals surface area contributed by atoms with Gasteiger partial charge in [0.2, 0.25) is 0 Å². The first kappa shape index (κ1) is 13.9. The normalized spacial score (nSPS) is 18.6. The van der Waals surface area contributed by atoms with Crippen LogP contribution in [0.3, 0.4) is 0 Å². The molecule has 1 saturated heterocycles. The Hall–Kier alpha value is -1.52. The van der Waals surface area contributed by atoms with Crippen LogP contribution in [0, 0.1) is 0 Å². The molecule has 1 fully saturated rings. The van der Waals surface area contributed by atoms with E-state index >= 15 is 0 Å². The molecule has 1 aromatic carbocycles. The lowest BCUT2D eigenvalue weighted by Crippen LogP contribution is -2.33.